The Bertz CT molecular complexity index is 1120. The normalized spacial score (nSPS) is 11.4. The number of sulfonamides is 1. The van der Waals surface area contributed by atoms with Crippen molar-refractivity contribution in [3.05, 3.63) is 36.5 Å². The predicted octanol–water partition coefficient (Wildman–Crippen LogP) is 0.428. The van der Waals surface area contributed by atoms with Gasteiger partial charge in [0.05, 0.1) is 6.61 Å². The molecule has 3 heterocycles. The average Bonchev–Trinajstić information content (AvgIpc) is 3.29. The van der Waals surface area contributed by atoms with Crippen LogP contribution in [0.2, 0.25) is 0 Å². The fourth-order valence-corrected chi connectivity index (χ4v) is 3.06. The largest absolute Gasteiger partial charge is 0.444 e. The van der Waals surface area contributed by atoms with Gasteiger partial charge >= 0.3 is 0 Å². The molecule has 0 saturated carbocycles. The number of nitrogens with one attached hydrogen (secondary N) is 2. The van der Waals surface area contributed by atoms with Crippen molar-refractivity contribution in [1.82, 2.24) is 19.7 Å². The number of carbonyl (C=O) groups excluding carboxylic acids is 1. The van der Waals surface area contributed by atoms with Gasteiger partial charge in [0.15, 0.2) is 5.69 Å². The number of rotatable bonds is 8. The van der Waals surface area contributed by atoms with Crippen LogP contribution in [0.3, 0.4) is 0 Å². The van der Waals surface area contributed by atoms with Crippen molar-refractivity contribution in [3.8, 4) is 11.5 Å². The highest BCUT2D eigenvalue weighted by Gasteiger charge is 2.22. The van der Waals surface area contributed by atoms with Crippen LogP contribution >= 0.6 is 0 Å². The van der Waals surface area contributed by atoms with Gasteiger partial charge in [0.25, 0.3) is 15.9 Å². The number of carbonyl (C=O) groups is 1. The second-order valence-corrected chi connectivity index (χ2v) is 7.38. The fourth-order valence-electron chi connectivity index (χ4n) is 2.40. The van der Waals surface area contributed by atoms with Crippen molar-refractivity contribution >= 4 is 27.4 Å². The van der Waals surface area contributed by atoms with Gasteiger partial charge in [-0.15, -0.1) is 0 Å². The summed E-state index contributed by atoms with van der Waals surface area (Å²) < 4.78 is 34.8. The Balaban J connectivity index is 1.77. The van der Waals surface area contributed by atoms with Gasteiger partial charge in [0.1, 0.15) is 17.8 Å². The summed E-state index contributed by atoms with van der Waals surface area (Å²) in [6.07, 6.45) is 4.05. The van der Waals surface area contributed by atoms with Crippen molar-refractivity contribution in [2.75, 3.05) is 30.9 Å². The van der Waals surface area contributed by atoms with Crippen LogP contribution < -0.4 is 15.8 Å². The molecule has 1 amide bonds. The van der Waals surface area contributed by atoms with Crippen LogP contribution in [0.5, 0.6) is 0 Å². The van der Waals surface area contributed by atoms with Gasteiger partial charge in [-0.3, -0.25) is 9.48 Å². The quantitative estimate of drug-likeness (QED) is 0.437. The Morgan fingerprint density at radius 1 is 1.41 bits per heavy atom. The van der Waals surface area contributed by atoms with Crippen molar-refractivity contribution in [1.29, 1.82) is 0 Å². The summed E-state index contributed by atoms with van der Waals surface area (Å²) >= 11 is 0. The first-order valence-corrected chi connectivity index (χ1v) is 9.85. The minimum absolute atomic E-state index is 0.0464. The first kappa shape index (κ1) is 20.4. The number of hydrogen-bond acceptors (Lipinski definition) is 9. The number of primary sulfonamides is 1. The molecule has 0 spiro atoms. The van der Waals surface area contributed by atoms with E-state index in [1.165, 1.54) is 17.9 Å². The zero-order valence-corrected chi connectivity index (χ0v) is 16.4. The molecule has 3 aromatic rings. The number of pyridine rings is 1. The minimum Gasteiger partial charge on any atom is -0.444 e. The van der Waals surface area contributed by atoms with Crippen molar-refractivity contribution in [2.45, 2.75) is 5.03 Å². The lowest BCUT2D eigenvalue weighted by Crippen LogP contribution is -2.18. The molecule has 0 aliphatic heterocycles. The van der Waals surface area contributed by atoms with E-state index in [0.29, 0.717) is 24.5 Å². The molecule has 0 aliphatic carbocycles. The zero-order valence-electron chi connectivity index (χ0n) is 15.6. The van der Waals surface area contributed by atoms with E-state index in [9.17, 15) is 13.2 Å². The summed E-state index contributed by atoms with van der Waals surface area (Å²) in [5.41, 5.74) is 0.499. The van der Waals surface area contributed by atoms with Crippen LogP contribution in [0, 0.1) is 0 Å². The summed E-state index contributed by atoms with van der Waals surface area (Å²) in [4.78, 5) is 20.8. The lowest BCUT2D eigenvalue weighted by molar-refractivity contribution is 0.102. The number of oxazole rings is 1. The van der Waals surface area contributed by atoms with E-state index in [-0.39, 0.29) is 17.3 Å². The van der Waals surface area contributed by atoms with E-state index in [2.05, 4.69) is 25.7 Å². The van der Waals surface area contributed by atoms with Crippen LogP contribution in [0.4, 0.5) is 11.5 Å². The Morgan fingerprint density at radius 2 is 2.21 bits per heavy atom. The summed E-state index contributed by atoms with van der Waals surface area (Å²) in [7, 11) is -1.01. The van der Waals surface area contributed by atoms with E-state index in [4.69, 9.17) is 14.3 Å². The molecule has 0 bridgehead atoms. The first-order valence-electron chi connectivity index (χ1n) is 8.30. The second-order valence-electron chi connectivity index (χ2n) is 5.91. The Labute approximate surface area is 166 Å². The molecule has 29 heavy (non-hydrogen) atoms. The highest BCUT2D eigenvalue weighted by Crippen LogP contribution is 2.22. The van der Waals surface area contributed by atoms with Gasteiger partial charge in [-0.05, 0) is 12.1 Å². The molecule has 12 nitrogen and oxygen atoms in total. The number of amides is 1. The molecule has 0 unspecified atom stereocenters. The first-order chi connectivity index (χ1) is 13.8. The molecule has 0 fully saturated rings. The van der Waals surface area contributed by atoms with Gasteiger partial charge in [0, 0.05) is 38.7 Å². The van der Waals surface area contributed by atoms with Crippen molar-refractivity contribution in [2.24, 2.45) is 12.2 Å². The topological polar surface area (TPSA) is 167 Å². The molecule has 154 valence electrons. The highest BCUT2D eigenvalue weighted by molar-refractivity contribution is 7.89. The fraction of sp³-hybridized carbons (Fsp3) is 0.250. The molecule has 0 saturated heterocycles. The van der Waals surface area contributed by atoms with E-state index in [1.54, 1.807) is 25.4 Å². The SMILES string of the molecule is COCCNc1cc(-c2nc(C(=O)Nc3cn(C)nc3S(N)(=O)=O)co2)ccn1. The number of aromatic nitrogens is 4. The van der Waals surface area contributed by atoms with Gasteiger partial charge in [-0.2, -0.15) is 5.10 Å². The molecule has 0 radical (unpaired) electrons. The van der Waals surface area contributed by atoms with Crippen molar-refractivity contribution < 1.29 is 22.4 Å². The van der Waals surface area contributed by atoms with Crippen LogP contribution in [-0.2, 0) is 21.8 Å². The summed E-state index contributed by atoms with van der Waals surface area (Å²) in [6.45, 7) is 1.09. The maximum Gasteiger partial charge on any atom is 0.277 e. The summed E-state index contributed by atoms with van der Waals surface area (Å²) in [6, 6.07) is 3.39. The number of hydrogen-bond donors (Lipinski definition) is 3. The van der Waals surface area contributed by atoms with E-state index in [1.807, 2.05) is 0 Å². The maximum atomic E-state index is 12.4. The number of anilines is 2. The predicted molar refractivity (Wildman–Crippen MR) is 103 cm³/mol. The van der Waals surface area contributed by atoms with Gasteiger partial charge in [0.2, 0.25) is 10.9 Å². The summed E-state index contributed by atoms with van der Waals surface area (Å²) in [5.74, 6) is 0.118. The molecule has 3 aromatic heterocycles. The average molecular weight is 421 g/mol. The third-order valence-electron chi connectivity index (χ3n) is 3.67. The van der Waals surface area contributed by atoms with Crippen LogP contribution in [-0.4, -0.2) is 54.3 Å². The molecule has 0 atom stereocenters. The lowest BCUT2D eigenvalue weighted by Gasteiger charge is -2.05. The molecule has 4 N–H and O–H groups in total. The molecular weight excluding hydrogens is 402 g/mol. The van der Waals surface area contributed by atoms with E-state index >= 15 is 0 Å². The van der Waals surface area contributed by atoms with Gasteiger partial charge in [-0.1, -0.05) is 0 Å². The standard InChI is InChI=1S/C16H19N7O5S/c1-23-8-11(16(22-23)29(17,25)26)20-14(24)12-9-28-15(21-12)10-3-4-18-13(7-10)19-5-6-27-2/h3-4,7-9H,5-6H2,1-2H3,(H,18,19)(H,20,24)(H2,17,25,26). The van der Waals surface area contributed by atoms with Gasteiger partial charge in [-0.25, -0.2) is 23.5 Å². The zero-order chi connectivity index (χ0) is 21.0. The molecule has 0 aromatic carbocycles. The smallest absolute Gasteiger partial charge is 0.277 e. The van der Waals surface area contributed by atoms with Gasteiger partial charge < -0.3 is 19.8 Å². The monoisotopic (exact) mass is 421 g/mol. The van der Waals surface area contributed by atoms with Crippen molar-refractivity contribution in [3.63, 3.8) is 0 Å². The Hall–Kier alpha value is -3.29. The van der Waals surface area contributed by atoms with E-state index < -0.39 is 21.0 Å². The third kappa shape index (κ3) is 4.96. The number of aryl methyl sites for hydroxylation is 1. The van der Waals surface area contributed by atoms with Crippen LogP contribution in [0.1, 0.15) is 10.5 Å². The summed E-state index contributed by atoms with van der Waals surface area (Å²) in [5, 5.41) is 13.9. The minimum atomic E-state index is -4.11. The van der Waals surface area contributed by atoms with Crippen LogP contribution in [0.25, 0.3) is 11.5 Å². The number of nitrogens with zero attached hydrogens (tertiary/aromatic N) is 4. The highest BCUT2D eigenvalue weighted by atomic mass is 32.2. The number of nitrogens with two attached hydrogens (primary N) is 1. The maximum absolute atomic E-state index is 12.4. The van der Waals surface area contributed by atoms with Crippen LogP contribution in [0.15, 0.2) is 40.2 Å². The molecule has 0 aliphatic rings. The van der Waals surface area contributed by atoms with E-state index in [0.717, 1.165) is 6.26 Å². The molecule has 3 rings (SSSR count). The Morgan fingerprint density at radius 3 is 2.93 bits per heavy atom. The molecule has 13 heteroatoms. The lowest BCUT2D eigenvalue weighted by atomic mass is 10.2. The Kier molecular flexibility index (Phi) is 5.91. The second kappa shape index (κ2) is 8.38. The number of ether oxygens (including phenoxy) is 1. The molecular formula is C16H19N7O5S. The third-order valence-corrected chi connectivity index (χ3v) is 4.51. The number of methoxy groups -OCH3 is 1.